The van der Waals surface area contributed by atoms with Crippen molar-refractivity contribution in [3.63, 3.8) is 0 Å². The maximum absolute atomic E-state index is 12.8. The number of para-hydroxylation sites is 2. The Labute approximate surface area is 170 Å². The lowest BCUT2D eigenvalue weighted by Crippen LogP contribution is -2.43. The van der Waals surface area contributed by atoms with Crippen LogP contribution in [-0.4, -0.2) is 24.4 Å². The SMILES string of the molecule is O=C(COC(=O)C1c2ccccc2Oc2ccccc21)NNC(=O)c1cccs1. The number of amides is 2. The second-order valence-electron chi connectivity index (χ2n) is 6.20. The first-order valence-corrected chi connectivity index (χ1v) is 9.66. The first kappa shape index (κ1) is 18.7. The molecule has 7 nitrogen and oxygen atoms in total. The van der Waals surface area contributed by atoms with Crippen molar-refractivity contribution in [3.05, 3.63) is 82.0 Å². The molecule has 0 aliphatic carbocycles. The average molecular weight is 408 g/mol. The highest BCUT2D eigenvalue weighted by Crippen LogP contribution is 2.44. The number of benzene rings is 2. The molecule has 8 heteroatoms. The van der Waals surface area contributed by atoms with Gasteiger partial charge in [0.25, 0.3) is 11.8 Å². The van der Waals surface area contributed by atoms with Gasteiger partial charge in [-0.1, -0.05) is 42.5 Å². The van der Waals surface area contributed by atoms with Gasteiger partial charge in [-0.15, -0.1) is 11.3 Å². The van der Waals surface area contributed by atoms with Crippen LogP contribution >= 0.6 is 11.3 Å². The number of nitrogens with one attached hydrogen (secondary N) is 2. The maximum atomic E-state index is 12.8. The van der Waals surface area contributed by atoms with Gasteiger partial charge in [-0.05, 0) is 23.6 Å². The summed E-state index contributed by atoms with van der Waals surface area (Å²) in [6.07, 6.45) is 0. The molecule has 0 spiro atoms. The number of carbonyl (C=O) groups excluding carboxylic acids is 3. The molecule has 1 aromatic heterocycles. The molecule has 0 saturated carbocycles. The van der Waals surface area contributed by atoms with E-state index in [2.05, 4.69) is 10.9 Å². The molecule has 2 N–H and O–H groups in total. The third-order valence-electron chi connectivity index (χ3n) is 4.32. The predicted molar refractivity (Wildman–Crippen MR) is 106 cm³/mol. The Morgan fingerprint density at radius 3 is 2.17 bits per heavy atom. The quantitative estimate of drug-likeness (QED) is 0.511. The lowest BCUT2D eigenvalue weighted by Gasteiger charge is -2.26. The van der Waals surface area contributed by atoms with E-state index in [-0.39, 0.29) is 0 Å². The normalized spacial score (nSPS) is 12.1. The third-order valence-corrected chi connectivity index (χ3v) is 5.19. The van der Waals surface area contributed by atoms with E-state index in [0.29, 0.717) is 27.5 Å². The number of esters is 1. The summed E-state index contributed by atoms with van der Waals surface area (Å²) < 4.78 is 11.1. The van der Waals surface area contributed by atoms with Gasteiger partial charge in [-0.25, -0.2) is 0 Å². The second-order valence-corrected chi connectivity index (χ2v) is 7.15. The number of carbonyl (C=O) groups is 3. The van der Waals surface area contributed by atoms with Crippen molar-refractivity contribution in [2.45, 2.75) is 5.92 Å². The van der Waals surface area contributed by atoms with Crippen LogP contribution in [0.1, 0.15) is 26.7 Å². The van der Waals surface area contributed by atoms with Crippen LogP contribution in [0.5, 0.6) is 11.5 Å². The third kappa shape index (κ3) is 3.97. The molecule has 0 unspecified atom stereocenters. The number of rotatable bonds is 4. The lowest BCUT2D eigenvalue weighted by molar-refractivity contribution is -0.149. The average Bonchev–Trinajstić information content (AvgIpc) is 3.29. The van der Waals surface area contributed by atoms with Gasteiger partial charge in [0, 0.05) is 11.1 Å². The van der Waals surface area contributed by atoms with Crippen LogP contribution in [-0.2, 0) is 14.3 Å². The van der Waals surface area contributed by atoms with E-state index in [0.717, 1.165) is 0 Å². The fraction of sp³-hybridized carbons (Fsp3) is 0.0952. The Bertz CT molecular complexity index is 1020. The zero-order valence-corrected chi connectivity index (χ0v) is 15.9. The van der Waals surface area contributed by atoms with Crippen molar-refractivity contribution >= 4 is 29.1 Å². The van der Waals surface area contributed by atoms with Crippen molar-refractivity contribution in [2.24, 2.45) is 0 Å². The molecule has 4 rings (SSSR count). The van der Waals surface area contributed by atoms with Crippen molar-refractivity contribution in [2.75, 3.05) is 6.61 Å². The highest BCUT2D eigenvalue weighted by Gasteiger charge is 2.33. The monoisotopic (exact) mass is 408 g/mol. The summed E-state index contributed by atoms with van der Waals surface area (Å²) >= 11 is 1.25. The maximum Gasteiger partial charge on any atom is 0.318 e. The second kappa shape index (κ2) is 8.15. The minimum Gasteiger partial charge on any atom is -0.457 e. The van der Waals surface area contributed by atoms with Gasteiger partial charge in [-0.3, -0.25) is 25.2 Å². The first-order chi connectivity index (χ1) is 14.1. The summed E-state index contributed by atoms with van der Waals surface area (Å²) in [6.45, 7) is -0.523. The van der Waals surface area contributed by atoms with Crippen LogP contribution in [0.15, 0.2) is 66.0 Å². The van der Waals surface area contributed by atoms with Gasteiger partial charge in [0.2, 0.25) is 0 Å². The fourth-order valence-corrected chi connectivity index (χ4v) is 3.63. The van der Waals surface area contributed by atoms with Gasteiger partial charge >= 0.3 is 5.97 Å². The summed E-state index contributed by atoms with van der Waals surface area (Å²) in [4.78, 5) is 37.1. The van der Waals surface area contributed by atoms with Crippen LogP contribution in [0, 0.1) is 0 Å². The summed E-state index contributed by atoms with van der Waals surface area (Å²) in [5, 5.41) is 1.75. The number of hydrogen-bond donors (Lipinski definition) is 2. The van der Waals surface area contributed by atoms with Crippen molar-refractivity contribution in [1.29, 1.82) is 0 Å². The van der Waals surface area contributed by atoms with Gasteiger partial charge in [-0.2, -0.15) is 0 Å². The van der Waals surface area contributed by atoms with Crippen LogP contribution < -0.4 is 15.6 Å². The van der Waals surface area contributed by atoms with Crippen LogP contribution in [0.4, 0.5) is 0 Å². The molecule has 2 heterocycles. The molecule has 0 fully saturated rings. The van der Waals surface area contributed by atoms with Gasteiger partial charge in [0.1, 0.15) is 17.4 Å². The Morgan fingerprint density at radius 2 is 1.55 bits per heavy atom. The van der Waals surface area contributed by atoms with Crippen LogP contribution in [0.2, 0.25) is 0 Å². The molecule has 1 aliphatic heterocycles. The van der Waals surface area contributed by atoms with Crippen molar-refractivity contribution < 1.29 is 23.9 Å². The number of hydrogen-bond acceptors (Lipinski definition) is 6. The van der Waals surface area contributed by atoms with Crippen molar-refractivity contribution in [3.8, 4) is 11.5 Å². The lowest BCUT2D eigenvalue weighted by atomic mass is 9.88. The highest BCUT2D eigenvalue weighted by molar-refractivity contribution is 7.12. The van der Waals surface area contributed by atoms with Gasteiger partial charge in [0.05, 0.1) is 4.88 Å². The standard InChI is InChI=1S/C21H16N2O5S/c24-18(22-23-20(25)17-10-5-11-29-17)12-27-21(26)19-13-6-1-3-8-15(13)28-16-9-4-2-7-14(16)19/h1-11,19H,12H2,(H,22,24)(H,23,25). The number of ether oxygens (including phenoxy) is 2. The first-order valence-electron chi connectivity index (χ1n) is 8.78. The summed E-state index contributed by atoms with van der Waals surface area (Å²) in [7, 11) is 0. The molecule has 2 amide bonds. The molecule has 2 aromatic carbocycles. The molecular weight excluding hydrogens is 392 g/mol. The van der Waals surface area contributed by atoms with E-state index in [1.54, 1.807) is 41.8 Å². The zero-order chi connectivity index (χ0) is 20.2. The number of fused-ring (bicyclic) bond motifs is 2. The number of thiophene rings is 1. The largest absolute Gasteiger partial charge is 0.457 e. The van der Waals surface area contributed by atoms with E-state index in [4.69, 9.17) is 9.47 Å². The molecule has 29 heavy (non-hydrogen) atoms. The molecule has 1 aliphatic rings. The summed E-state index contributed by atoms with van der Waals surface area (Å²) in [5.41, 5.74) is 5.85. The minimum atomic E-state index is -0.704. The fourth-order valence-electron chi connectivity index (χ4n) is 3.02. The van der Waals surface area contributed by atoms with Gasteiger partial charge < -0.3 is 9.47 Å². The Kier molecular flexibility index (Phi) is 5.26. The molecule has 146 valence electrons. The van der Waals surface area contributed by atoms with E-state index < -0.39 is 30.3 Å². The highest BCUT2D eigenvalue weighted by atomic mass is 32.1. The smallest absolute Gasteiger partial charge is 0.318 e. The molecule has 0 bridgehead atoms. The summed E-state index contributed by atoms with van der Waals surface area (Å²) in [6, 6.07) is 17.7. The Hall–Kier alpha value is -3.65. The van der Waals surface area contributed by atoms with Gasteiger partial charge in [0.15, 0.2) is 6.61 Å². The van der Waals surface area contributed by atoms with Crippen LogP contribution in [0.25, 0.3) is 0 Å². The Balaban J connectivity index is 1.41. The molecule has 0 saturated heterocycles. The molecule has 0 radical (unpaired) electrons. The van der Waals surface area contributed by atoms with Crippen molar-refractivity contribution in [1.82, 2.24) is 10.9 Å². The molecule has 3 aromatic rings. The predicted octanol–water partition coefficient (Wildman–Crippen LogP) is 2.99. The van der Waals surface area contributed by atoms with E-state index in [1.165, 1.54) is 11.3 Å². The number of hydrazine groups is 1. The topological polar surface area (TPSA) is 93.7 Å². The minimum absolute atomic E-state index is 0.438. The van der Waals surface area contributed by atoms with E-state index >= 15 is 0 Å². The zero-order valence-electron chi connectivity index (χ0n) is 15.1. The van der Waals surface area contributed by atoms with Crippen LogP contribution in [0.3, 0.4) is 0 Å². The van der Waals surface area contributed by atoms with E-state index in [9.17, 15) is 14.4 Å². The molecular formula is C21H16N2O5S. The Morgan fingerprint density at radius 1 is 0.897 bits per heavy atom. The van der Waals surface area contributed by atoms with E-state index in [1.807, 2.05) is 24.3 Å². The summed E-state index contributed by atoms with van der Waals surface area (Å²) in [5.74, 6) is -1.22. The molecule has 0 atom stereocenters.